The lowest BCUT2D eigenvalue weighted by atomic mass is 10.2. The van der Waals surface area contributed by atoms with Crippen LogP contribution in [-0.4, -0.2) is 27.5 Å². The lowest BCUT2D eigenvalue weighted by molar-refractivity contribution is -0.383. The van der Waals surface area contributed by atoms with Crippen molar-refractivity contribution in [1.82, 2.24) is 9.97 Å². The van der Waals surface area contributed by atoms with E-state index < -0.39 is 4.92 Å². The Kier molecular flexibility index (Phi) is 5.29. The fourth-order valence-electron chi connectivity index (χ4n) is 1.69. The Morgan fingerprint density at radius 3 is 2.61 bits per heavy atom. The molecule has 1 heterocycles. The van der Waals surface area contributed by atoms with Crippen molar-refractivity contribution in [3.05, 3.63) is 16.4 Å². The van der Waals surface area contributed by atoms with Crippen LogP contribution in [0.3, 0.4) is 0 Å². The summed E-state index contributed by atoms with van der Waals surface area (Å²) in [5, 5.41) is 17.0. The predicted molar refractivity (Wildman–Crippen MR) is 70.8 cm³/mol. The maximum Gasteiger partial charge on any atom is 0.353 e. The highest BCUT2D eigenvalue weighted by Crippen LogP contribution is 2.29. The number of nitrogens with zero attached hydrogens (tertiary/aromatic N) is 3. The third kappa shape index (κ3) is 3.54. The van der Waals surface area contributed by atoms with Gasteiger partial charge in [-0.2, -0.15) is 0 Å². The molecule has 1 atom stereocenters. The van der Waals surface area contributed by atoms with Gasteiger partial charge in [0.1, 0.15) is 6.33 Å². The first kappa shape index (κ1) is 14.1. The molecule has 7 nitrogen and oxygen atoms in total. The maximum atomic E-state index is 11.1. The van der Waals surface area contributed by atoms with Crippen molar-refractivity contribution < 1.29 is 4.92 Å². The van der Waals surface area contributed by atoms with Crippen molar-refractivity contribution in [3.63, 3.8) is 0 Å². The second-order valence-corrected chi connectivity index (χ2v) is 4.04. The highest BCUT2D eigenvalue weighted by molar-refractivity contribution is 5.69. The average Bonchev–Trinajstić information content (AvgIpc) is 2.29. The molecule has 0 fully saturated rings. The molecule has 0 aromatic carbocycles. The molecule has 0 saturated carbocycles. The van der Waals surface area contributed by atoms with E-state index in [0.717, 1.165) is 12.8 Å². The quantitative estimate of drug-likeness (QED) is 0.572. The molecule has 0 aliphatic rings. The van der Waals surface area contributed by atoms with Crippen LogP contribution in [-0.2, 0) is 0 Å². The minimum atomic E-state index is -0.459. The number of nitro groups is 1. The first-order valence-corrected chi connectivity index (χ1v) is 6.09. The Morgan fingerprint density at radius 1 is 1.39 bits per heavy atom. The monoisotopic (exact) mass is 253 g/mol. The van der Waals surface area contributed by atoms with Crippen molar-refractivity contribution in [3.8, 4) is 0 Å². The summed E-state index contributed by atoms with van der Waals surface area (Å²) in [6.45, 7) is 6.47. The van der Waals surface area contributed by atoms with E-state index in [4.69, 9.17) is 0 Å². The summed E-state index contributed by atoms with van der Waals surface area (Å²) in [6, 6.07) is 0.137. The predicted octanol–water partition coefficient (Wildman–Crippen LogP) is 2.42. The summed E-state index contributed by atoms with van der Waals surface area (Å²) in [6.07, 6.45) is 3.26. The SMILES string of the molecule is CCCC(C)Nc1ncnc(NCC)c1[N+](=O)[O-]. The molecule has 0 amide bonds. The smallest absolute Gasteiger partial charge is 0.353 e. The fourth-order valence-corrected chi connectivity index (χ4v) is 1.69. The van der Waals surface area contributed by atoms with Crippen molar-refractivity contribution in [2.45, 2.75) is 39.7 Å². The highest BCUT2D eigenvalue weighted by atomic mass is 16.6. The standard InChI is InChI=1S/C11H19N5O2/c1-4-6-8(3)15-11-9(16(17)18)10(12-5-2)13-7-14-11/h7-8H,4-6H2,1-3H3,(H2,12,13,14,15). The molecule has 0 spiro atoms. The first-order chi connectivity index (χ1) is 8.60. The van der Waals surface area contributed by atoms with Crippen molar-refractivity contribution in [2.75, 3.05) is 17.2 Å². The normalized spacial score (nSPS) is 11.9. The molecular formula is C11H19N5O2. The molecule has 1 aromatic rings. The molecular weight excluding hydrogens is 234 g/mol. The molecule has 2 N–H and O–H groups in total. The molecule has 0 aliphatic heterocycles. The summed E-state index contributed by atoms with van der Waals surface area (Å²) in [7, 11) is 0. The van der Waals surface area contributed by atoms with Gasteiger partial charge in [0.2, 0.25) is 11.6 Å². The number of rotatable bonds is 7. The van der Waals surface area contributed by atoms with Crippen molar-refractivity contribution >= 4 is 17.3 Å². The molecule has 0 aliphatic carbocycles. The molecule has 0 bridgehead atoms. The van der Waals surface area contributed by atoms with Crippen LogP contribution in [0.25, 0.3) is 0 Å². The van der Waals surface area contributed by atoms with Gasteiger partial charge in [0.25, 0.3) is 0 Å². The van der Waals surface area contributed by atoms with Crippen LogP contribution in [0.4, 0.5) is 17.3 Å². The molecule has 7 heteroatoms. The van der Waals surface area contributed by atoms with Crippen molar-refractivity contribution in [1.29, 1.82) is 0 Å². The Balaban J connectivity index is 3.02. The van der Waals surface area contributed by atoms with Gasteiger partial charge in [-0.05, 0) is 20.3 Å². The molecule has 1 aromatic heterocycles. The van der Waals surface area contributed by atoms with E-state index in [1.54, 1.807) is 0 Å². The maximum absolute atomic E-state index is 11.1. The van der Waals surface area contributed by atoms with Crippen LogP contribution in [0, 0.1) is 10.1 Å². The van der Waals surface area contributed by atoms with Crippen LogP contribution < -0.4 is 10.6 Å². The van der Waals surface area contributed by atoms with Gasteiger partial charge in [0.05, 0.1) is 4.92 Å². The van der Waals surface area contributed by atoms with E-state index in [0.29, 0.717) is 6.54 Å². The van der Waals surface area contributed by atoms with Crippen LogP contribution >= 0.6 is 0 Å². The zero-order chi connectivity index (χ0) is 13.5. The van der Waals surface area contributed by atoms with Crippen LogP contribution in [0.15, 0.2) is 6.33 Å². The zero-order valence-electron chi connectivity index (χ0n) is 10.9. The molecule has 0 radical (unpaired) electrons. The molecule has 100 valence electrons. The van der Waals surface area contributed by atoms with Crippen molar-refractivity contribution in [2.24, 2.45) is 0 Å². The second-order valence-electron chi connectivity index (χ2n) is 4.04. The van der Waals surface area contributed by atoms with Gasteiger partial charge in [0, 0.05) is 12.6 Å². The Labute approximate surface area is 106 Å². The first-order valence-electron chi connectivity index (χ1n) is 6.09. The lowest BCUT2D eigenvalue weighted by Gasteiger charge is -2.14. The van der Waals surface area contributed by atoms with E-state index in [-0.39, 0.29) is 23.4 Å². The van der Waals surface area contributed by atoms with E-state index in [1.165, 1.54) is 6.33 Å². The Bertz CT molecular complexity index is 410. The molecule has 18 heavy (non-hydrogen) atoms. The van der Waals surface area contributed by atoms with Crippen LogP contribution in [0.2, 0.25) is 0 Å². The Hall–Kier alpha value is -1.92. The topological polar surface area (TPSA) is 93.0 Å². The van der Waals surface area contributed by atoms with Gasteiger partial charge in [0.15, 0.2) is 0 Å². The fraction of sp³-hybridized carbons (Fsp3) is 0.636. The summed E-state index contributed by atoms with van der Waals surface area (Å²) in [5.74, 6) is 0.524. The largest absolute Gasteiger partial charge is 0.364 e. The van der Waals surface area contributed by atoms with Gasteiger partial charge < -0.3 is 10.6 Å². The third-order valence-electron chi connectivity index (χ3n) is 2.45. The van der Waals surface area contributed by atoms with E-state index >= 15 is 0 Å². The molecule has 1 rings (SSSR count). The van der Waals surface area contributed by atoms with Crippen LogP contribution in [0.5, 0.6) is 0 Å². The van der Waals surface area contributed by atoms with E-state index in [2.05, 4.69) is 27.5 Å². The minimum absolute atomic E-state index is 0.0951. The molecule has 1 unspecified atom stereocenters. The lowest BCUT2D eigenvalue weighted by Crippen LogP contribution is -2.17. The van der Waals surface area contributed by atoms with Gasteiger partial charge in [-0.15, -0.1) is 0 Å². The number of hydrogen-bond donors (Lipinski definition) is 2. The van der Waals surface area contributed by atoms with Crippen LogP contribution in [0.1, 0.15) is 33.6 Å². The summed E-state index contributed by atoms with van der Waals surface area (Å²) in [4.78, 5) is 18.5. The Morgan fingerprint density at radius 2 is 2.06 bits per heavy atom. The summed E-state index contributed by atoms with van der Waals surface area (Å²) in [5.41, 5.74) is -0.0951. The molecule has 0 saturated heterocycles. The minimum Gasteiger partial charge on any atom is -0.364 e. The van der Waals surface area contributed by atoms with Gasteiger partial charge in [-0.3, -0.25) is 10.1 Å². The van der Waals surface area contributed by atoms with E-state index in [1.807, 2.05) is 13.8 Å². The van der Waals surface area contributed by atoms with E-state index in [9.17, 15) is 10.1 Å². The number of nitrogens with one attached hydrogen (secondary N) is 2. The van der Waals surface area contributed by atoms with Gasteiger partial charge >= 0.3 is 5.69 Å². The number of hydrogen-bond acceptors (Lipinski definition) is 6. The zero-order valence-corrected chi connectivity index (χ0v) is 10.9. The second kappa shape index (κ2) is 6.73. The average molecular weight is 253 g/mol. The highest BCUT2D eigenvalue weighted by Gasteiger charge is 2.23. The number of anilines is 2. The summed E-state index contributed by atoms with van der Waals surface area (Å²) < 4.78 is 0. The summed E-state index contributed by atoms with van der Waals surface area (Å²) >= 11 is 0. The van der Waals surface area contributed by atoms with Gasteiger partial charge in [-0.25, -0.2) is 9.97 Å². The third-order valence-corrected chi connectivity index (χ3v) is 2.45. The number of aromatic nitrogens is 2. The van der Waals surface area contributed by atoms with Gasteiger partial charge in [-0.1, -0.05) is 13.3 Å².